The zero-order valence-electron chi connectivity index (χ0n) is 13.2. The zero-order chi connectivity index (χ0) is 16.4. The molecule has 0 bridgehead atoms. The molecule has 126 valence electrons. The fourth-order valence-corrected chi connectivity index (χ4v) is 5.38. The number of nitrogens with zero attached hydrogens (tertiary/aromatic N) is 2. The summed E-state index contributed by atoms with van der Waals surface area (Å²) in [5.41, 5.74) is 0. The zero-order valence-corrected chi connectivity index (χ0v) is 14.0. The maximum atomic E-state index is 12.3. The molecule has 7 heteroatoms. The largest absolute Gasteiger partial charge is 0.484 e. The maximum Gasteiger partial charge on any atom is 0.260 e. The Morgan fingerprint density at radius 1 is 1.22 bits per heavy atom. The Hall–Kier alpha value is -1.60. The van der Waals surface area contributed by atoms with Crippen LogP contribution in [-0.4, -0.2) is 62.1 Å². The van der Waals surface area contributed by atoms with E-state index in [0.717, 1.165) is 6.42 Å². The van der Waals surface area contributed by atoms with Crippen LogP contribution in [0.25, 0.3) is 0 Å². The molecule has 2 saturated heterocycles. The first-order valence-corrected chi connectivity index (χ1v) is 9.39. The molecule has 2 heterocycles. The lowest BCUT2D eigenvalue weighted by atomic mass is 10.0. The number of fused-ring (bicyclic) bond motifs is 1. The van der Waals surface area contributed by atoms with Gasteiger partial charge in [-0.3, -0.25) is 4.79 Å². The van der Waals surface area contributed by atoms with Crippen LogP contribution in [0, 0.1) is 5.92 Å². The third-order valence-electron chi connectivity index (χ3n) is 4.75. The Morgan fingerprint density at radius 3 is 2.65 bits per heavy atom. The van der Waals surface area contributed by atoms with E-state index in [4.69, 9.17) is 4.74 Å². The lowest BCUT2D eigenvalue weighted by Gasteiger charge is -2.21. The SMILES string of the molecule is CN1C[C@@H]2CCN(C(=O)COc3ccccc3)CC[C@@H]2S1(=O)=O. The molecule has 0 aliphatic carbocycles. The fourth-order valence-electron chi connectivity index (χ4n) is 3.41. The molecule has 1 amide bonds. The van der Waals surface area contributed by atoms with Crippen LogP contribution in [0.3, 0.4) is 0 Å². The van der Waals surface area contributed by atoms with Crippen molar-refractivity contribution in [3.05, 3.63) is 30.3 Å². The Bertz CT molecular complexity index is 662. The van der Waals surface area contributed by atoms with Crippen molar-refractivity contribution in [2.24, 2.45) is 5.92 Å². The van der Waals surface area contributed by atoms with Crippen molar-refractivity contribution in [1.82, 2.24) is 9.21 Å². The molecule has 3 rings (SSSR count). The van der Waals surface area contributed by atoms with Crippen LogP contribution in [0.15, 0.2) is 30.3 Å². The summed E-state index contributed by atoms with van der Waals surface area (Å²) in [7, 11) is -1.55. The summed E-state index contributed by atoms with van der Waals surface area (Å²) in [4.78, 5) is 14.0. The van der Waals surface area contributed by atoms with E-state index in [-0.39, 0.29) is 23.7 Å². The van der Waals surface area contributed by atoms with Gasteiger partial charge in [-0.05, 0) is 30.9 Å². The molecule has 23 heavy (non-hydrogen) atoms. The van der Waals surface area contributed by atoms with Gasteiger partial charge in [-0.1, -0.05) is 18.2 Å². The highest BCUT2D eigenvalue weighted by atomic mass is 32.2. The fraction of sp³-hybridized carbons (Fsp3) is 0.562. The molecule has 0 saturated carbocycles. The van der Waals surface area contributed by atoms with E-state index in [1.807, 2.05) is 30.3 Å². The van der Waals surface area contributed by atoms with Crippen LogP contribution >= 0.6 is 0 Å². The molecule has 2 fully saturated rings. The van der Waals surface area contributed by atoms with Gasteiger partial charge >= 0.3 is 0 Å². The number of rotatable bonds is 3. The second-order valence-electron chi connectivity index (χ2n) is 6.18. The highest BCUT2D eigenvalue weighted by Crippen LogP contribution is 2.33. The molecule has 0 spiro atoms. The number of hydrogen-bond donors (Lipinski definition) is 0. The number of ether oxygens (including phenoxy) is 1. The third-order valence-corrected chi connectivity index (χ3v) is 7.15. The topological polar surface area (TPSA) is 66.9 Å². The highest BCUT2D eigenvalue weighted by Gasteiger charge is 2.45. The summed E-state index contributed by atoms with van der Waals surface area (Å²) < 4.78 is 31.5. The summed E-state index contributed by atoms with van der Waals surface area (Å²) in [6.07, 6.45) is 1.24. The Balaban J connectivity index is 1.58. The van der Waals surface area contributed by atoms with Crippen molar-refractivity contribution in [1.29, 1.82) is 0 Å². The summed E-state index contributed by atoms with van der Waals surface area (Å²) in [5, 5.41) is -0.347. The van der Waals surface area contributed by atoms with E-state index in [9.17, 15) is 13.2 Å². The predicted molar refractivity (Wildman–Crippen MR) is 86.6 cm³/mol. The van der Waals surface area contributed by atoms with Gasteiger partial charge in [0.1, 0.15) is 5.75 Å². The minimum atomic E-state index is -3.19. The first-order chi connectivity index (χ1) is 11.0. The van der Waals surface area contributed by atoms with Crippen LogP contribution < -0.4 is 4.74 Å². The van der Waals surface area contributed by atoms with E-state index in [1.54, 1.807) is 11.9 Å². The predicted octanol–water partition coefficient (Wildman–Crippen LogP) is 0.948. The summed E-state index contributed by atoms with van der Waals surface area (Å²) in [6, 6.07) is 9.22. The van der Waals surface area contributed by atoms with Crippen LogP contribution in [0.1, 0.15) is 12.8 Å². The van der Waals surface area contributed by atoms with Crippen molar-refractivity contribution in [3.63, 3.8) is 0 Å². The molecule has 1 aromatic carbocycles. The molecule has 0 radical (unpaired) electrons. The van der Waals surface area contributed by atoms with Crippen molar-refractivity contribution in [2.75, 3.05) is 33.3 Å². The number of benzene rings is 1. The summed E-state index contributed by atoms with van der Waals surface area (Å²) in [5.74, 6) is 0.703. The van der Waals surface area contributed by atoms with Gasteiger partial charge in [0.25, 0.3) is 5.91 Å². The Morgan fingerprint density at radius 2 is 1.91 bits per heavy atom. The van der Waals surface area contributed by atoms with Gasteiger partial charge in [-0.15, -0.1) is 0 Å². The molecule has 0 aromatic heterocycles. The summed E-state index contributed by atoms with van der Waals surface area (Å²) in [6.45, 7) is 1.63. The third kappa shape index (κ3) is 3.35. The van der Waals surface area contributed by atoms with Crippen LogP contribution in [0.4, 0.5) is 0 Å². The molecular weight excluding hydrogens is 316 g/mol. The molecule has 2 aliphatic heterocycles. The first-order valence-electron chi connectivity index (χ1n) is 7.89. The van der Waals surface area contributed by atoms with Crippen molar-refractivity contribution in [3.8, 4) is 5.75 Å². The van der Waals surface area contributed by atoms with Gasteiger partial charge in [0.15, 0.2) is 6.61 Å². The molecule has 0 N–H and O–H groups in total. The molecule has 1 aromatic rings. The van der Waals surface area contributed by atoms with Gasteiger partial charge < -0.3 is 9.64 Å². The molecular formula is C16H22N2O4S. The van der Waals surface area contributed by atoms with E-state index >= 15 is 0 Å². The minimum Gasteiger partial charge on any atom is -0.484 e. The molecule has 2 aliphatic rings. The normalized spacial score (nSPS) is 27.3. The number of sulfonamides is 1. The number of para-hydroxylation sites is 1. The average molecular weight is 338 g/mol. The first kappa shape index (κ1) is 16.3. The average Bonchev–Trinajstić information content (AvgIpc) is 2.71. The smallest absolute Gasteiger partial charge is 0.260 e. The summed E-state index contributed by atoms with van der Waals surface area (Å²) >= 11 is 0. The molecule has 0 unspecified atom stereocenters. The van der Waals surface area contributed by atoms with Crippen molar-refractivity contribution in [2.45, 2.75) is 18.1 Å². The van der Waals surface area contributed by atoms with Crippen LogP contribution in [0.2, 0.25) is 0 Å². The number of hydrogen-bond acceptors (Lipinski definition) is 4. The van der Waals surface area contributed by atoms with Gasteiger partial charge in [0, 0.05) is 26.7 Å². The van der Waals surface area contributed by atoms with Gasteiger partial charge in [-0.2, -0.15) is 0 Å². The second-order valence-corrected chi connectivity index (χ2v) is 8.44. The van der Waals surface area contributed by atoms with Gasteiger partial charge in [-0.25, -0.2) is 12.7 Å². The number of carbonyl (C=O) groups is 1. The van der Waals surface area contributed by atoms with Crippen LogP contribution in [0.5, 0.6) is 5.75 Å². The van der Waals surface area contributed by atoms with E-state index in [1.165, 1.54) is 4.31 Å². The van der Waals surface area contributed by atoms with Crippen LogP contribution in [-0.2, 0) is 14.8 Å². The molecule has 2 atom stereocenters. The number of likely N-dealkylation sites (tertiary alicyclic amines) is 1. The van der Waals surface area contributed by atoms with Crippen molar-refractivity contribution >= 4 is 15.9 Å². The Kier molecular flexibility index (Phi) is 4.59. The standard InChI is InChI=1S/C16H22N2O4S/c1-17-11-13-7-9-18(10-8-15(13)23(17,20)21)16(19)12-22-14-5-3-2-4-6-14/h2-6,13,15H,7-12H2,1H3/t13-,15-/m0/s1. The Labute approximate surface area is 137 Å². The van der Waals surface area contributed by atoms with E-state index < -0.39 is 10.0 Å². The quantitative estimate of drug-likeness (QED) is 0.823. The van der Waals surface area contributed by atoms with Gasteiger partial charge in [0.05, 0.1) is 5.25 Å². The lowest BCUT2D eigenvalue weighted by Crippen LogP contribution is -2.37. The second kappa shape index (κ2) is 6.49. The minimum absolute atomic E-state index is 0.00794. The van der Waals surface area contributed by atoms with Crippen molar-refractivity contribution < 1.29 is 17.9 Å². The lowest BCUT2D eigenvalue weighted by molar-refractivity contribution is -0.133. The number of carbonyl (C=O) groups excluding carboxylic acids is 1. The van der Waals surface area contributed by atoms with Gasteiger partial charge in [0.2, 0.25) is 10.0 Å². The maximum absolute atomic E-state index is 12.3. The van der Waals surface area contributed by atoms with E-state index in [0.29, 0.717) is 31.8 Å². The monoisotopic (exact) mass is 338 g/mol. The molecule has 6 nitrogen and oxygen atoms in total. The number of amides is 1. The highest BCUT2D eigenvalue weighted by molar-refractivity contribution is 7.90. The van der Waals surface area contributed by atoms with E-state index in [2.05, 4.69) is 0 Å².